The van der Waals surface area contributed by atoms with Crippen molar-refractivity contribution >= 4 is 37.3 Å². The normalized spacial score (nSPS) is 20.1. The molecule has 0 bridgehead atoms. The highest BCUT2D eigenvalue weighted by Crippen LogP contribution is 2.26. The van der Waals surface area contributed by atoms with Gasteiger partial charge >= 0.3 is 0 Å². The number of hydrogen-bond acceptors (Lipinski definition) is 4. The highest BCUT2D eigenvalue weighted by atomic mass is 79.9. The van der Waals surface area contributed by atoms with E-state index in [0.29, 0.717) is 10.8 Å². The SMILES string of the molecule is CC1CCN(C(C)CNS(=O)(=O)c2ccc(Br)s2)CC1. The Hall–Kier alpha value is 0.0500. The van der Waals surface area contributed by atoms with Crippen LogP contribution in [0.4, 0.5) is 0 Å². The van der Waals surface area contributed by atoms with Crippen LogP contribution in [-0.2, 0) is 10.0 Å². The second-order valence-corrected chi connectivity index (χ2v) is 9.93. The fourth-order valence-corrected chi connectivity index (χ4v) is 5.52. The van der Waals surface area contributed by atoms with Crippen molar-refractivity contribution in [3.63, 3.8) is 0 Å². The molecule has 20 heavy (non-hydrogen) atoms. The van der Waals surface area contributed by atoms with Crippen LogP contribution in [0.1, 0.15) is 26.7 Å². The summed E-state index contributed by atoms with van der Waals surface area (Å²) in [4.78, 5) is 2.37. The average Bonchev–Trinajstić information content (AvgIpc) is 2.84. The number of sulfonamides is 1. The fraction of sp³-hybridized carbons (Fsp3) is 0.692. The van der Waals surface area contributed by atoms with Crippen molar-refractivity contribution in [2.24, 2.45) is 5.92 Å². The van der Waals surface area contributed by atoms with Gasteiger partial charge in [0.25, 0.3) is 0 Å². The van der Waals surface area contributed by atoms with E-state index in [1.807, 2.05) is 0 Å². The summed E-state index contributed by atoms with van der Waals surface area (Å²) in [6.45, 7) is 6.96. The van der Waals surface area contributed by atoms with E-state index in [2.05, 4.69) is 39.4 Å². The molecular formula is C13H21BrN2O2S2. The van der Waals surface area contributed by atoms with Crippen LogP contribution >= 0.6 is 27.3 Å². The summed E-state index contributed by atoms with van der Waals surface area (Å²) >= 11 is 4.53. The Bertz CT molecular complexity index is 536. The second kappa shape index (κ2) is 6.87. The number of likely N-dealkylation sites (tertiary alicyclic amines) is 1. The van der Waals surface area contributed by atoms with Gasteiger partial charge in [0, 0.05) is 12.6 Å². The molecule has 1 aromatic rings. The van der Waals surface area contributed by atoms with Crippen molar-refractivity contribution in [2.75, 3.05) is 19.6 Å². The maximum absolute atomic E-state index is 12.1. The van der Waals surface area contributed by atoms with Gasteiger partial charge < -0.3 is 0 Å². The van der Waals surface area contributed by atoms with Crippen LogP contribution in [0.15, 0.2) is 20.1 Å². The van der Waals surface area contributed by atoms with Gasteiger partial charge in [-0.15, -0.1) is 11.3 Å². The number of hydrogen-bond donors (Lipinski definition) is 1. The van der Waals surface area contributed by atoms with E-state index < -0.39 is 10.0 Å². The lowest BCUT2D eigenvalue weighted by atomic mass is 9.98. The first-order valence-electron chi connectivity index (χ1n) is 6.87. The molecule has 0 aromatic carbocycles. The molecule has 1 atom stereocenters. The Morgan fingerprint density at radius 1 is 1.45 bits per heavy atom. The van der Waals surface area contributed by atoms with Crippen molar-refractivity contribution < 1.29 is 8.42 Å². The van der Waals surface area contributed by atoms with Gasteiger partial charge in [0.15, 0.2) is 0 Å². The minimum absolute atomic E-state index is 0.237. The molecule has 1 fully saturated rings. The Balaban J connectivity index is 1.88. The topological polar surface area (TPSA) is 49.4 Å². The summed E-state index contributed by atoms with van der Waals surface area (Å²) in [5.74, 6) is 0.790. The fourth-order valence-electron chi connectivity index (χ4n) is 2.34. The van der Waals surface area contributed by atoms with Crippen LogP contribution in [0.5, 0.6) is 0 Å². The molecule has 0 amide bonds. The third-order valence-corrected chi connectivity index (χ3v) is 7.36. The summed E-state index contributed by atoms with van der Waals surface area (Å²) < 4.78 is 28.2. The number of rotatable bonds is 5. The number of piperidine rings is 1. The molecule has 1 unspecified atom stereocenters. The predicted molar refractivity (Wildman–Crippen MR) is 86.6 cm³/mol. The van der Waals surface area contributed by atoms with E-state index in [-0.39, 0.29) is 6.04 Å². The second-order valence-electron chi connectivity index (χ2n) is 5.48. The molecule has 1 aromatic heterocycles. The van der Waals surface area contributed by atoms with Crippen LogP contribution in [0, 0.1) is 5.92 Å². The van der Waals surface area contributed by atoms with E-state index in [0.717, 1.165) is 22.8 Å². The standard InChI is InChI=1S/C13H21BrN2O2S2/c1-10-5-7-16(8-6-10)11(2)9-15-20(17,18)13-4-3-12(14)19-13/h3-4,10-11,15H,5-9H2,1-2H3. The quantitative estimate of drug-likeness (QED) is 0.853. The minimum Gasteiger partial charge on any atom is -0.299 e. The first-order valence-corrected chi connectivity index (χ1v) is 9.97. The van der Waals surface area contributed by atoms with Crippen LogP contribution in [0.3, 0.4) is 0 Å². The monoisotopic (exact) mass is 380 g/mol. The highest BCUT2D eigenvalue weighted by molar-refractivity contribution is 9.11. The Kier molecular flexibility index (Phi) is 5.64. The lowest BCUT2D eigenvalue weighted by Crippen LogP contribution is -2.45. The third kappa shape index (κ3) is 4.27. The van der Waals surface area contributed by atoms with Gasteiger partial charge in [-0.1, -0.05) is 6.92 Å². The number of halogens is 1. The zero-order chi connectivity index (χ0) is 14.8. The summed E-state index contributed by atoms with van der Waals surface area (Å²) in [5, 5.41) is 0. The zero-order valence-corrected chi connectivity index (χ0v) is 15.0. The Morgan fingerprint density at radius 2 is 2.10 bits per heavy atom. The molecule has 114 valence electrons. The first kappa shape index (κ1) is 16.4. The van der Waals surface area contributed by atoms with Gasteiger partial charge in [-0.25, -0.2) is 13.1 Å². The number of nitrogens with zero attached hydrogens (tertiary/aromatic N) is 1. The van der Waals surface area contributed by atoms with Crippen molar-refractivity contribution in [2.45, 2.75) is 36.9 Å². The molecule has 1 saturated heterocycles. The van der Waals surface area contributed by atoms with Crippen molar-refractivity contribution in [1.29, 1.82) is 0 Å². The first-order chi connectivity index (χ1) is 9.38. The van der Waals surface area contributed by atoms with E-state index >= 15 is 0 Å². The van der Waals surface area contributed by atoms with E-state index in [4.69, 9.17) is 0 Å². The van der Waals surface area contributed by atoms with Gasteiger partial charge in [-0.05, 0) is 66.8 Å². The smallest absolute Gasteiger partial charge is 0.250 e. The summed E-state index contributed by atoms with van der Waals surface area (Å²) in [5.41, 5.74) is 0. The van der Waals surface area contributed by atoms with Crippen molar-refractivity contribution in [3.8, 4) is 0 Å². The molecule has 0 saturated carbocycles. The van der Waals surface area contributed by atoms with Crippen LogP contribution in [-0.4, -0.2) is 39.0 Å². The van der Waals surface area contributed by atoms with Gasteiger partial charge in [-0.3, -0.25) is 4.90 Å². The molecule has 4 nitrogen and oxygen atoms in total. The largest absolute Gasteiger partial charge is 0.299 e. The van der Waals surface area contributed by atoms with Gasteiger partial charge in [-0.2, -0.15) is 0 Å². The molecule has 1 aliphatic rings. The molecule has 2 rings (SSSR count). The molecule has 0 radical (unpaired) electrons. The zero-order valence-electron chi connectivity index (χ0n) is 11.8. The maximum atomic E-state index is 12.1. The summed E-state index contributed by atoms with van der Waals surface area (Å²) in [7, 11) is -3.37. The molecule has 1 aliphatic heterocycles. The van der Waals surface area contributed by atoms with E-state index in [1.165, 1.54) is 24.2 Å². The van der Waals surface area contributed by atoms with E-state index in [1.54, 1.807) is 12.1 Å². The van der Waals surface area contributed by atoms with E-state index in [9.17, 15) is 8.42 Å². The lowest BCUT2D eigenvalue weighted by Gasteiger charge is -2.34. The Labute approximate surface area is 133 Å². The summed E-state index contributed by atoms with van der Waals surface area (Å²) in [6, 6.07) is 3.62. The summed E-state index contributed by atoms with van der Waals surface area (Å²) in [6.07, 6.45) is 2.41. The molecular weight excluding hydrogens is 360 g/mol. The number of thiophene rings is 1. The predicted octanol–water partition coefficient (Wildman–Crippen LogP) is 2.91. The molecule has 7 heteroatoms. The van der Waals surface area contributed by atoms with Crippen molar-refractivity contribution in [1.82, 2.24) is 9.62 Å². The lowest BCUT2D eigenvalue weighted by molar-refractivity contribution is 0.148. The van der Waals surface area contributed by atoms with Crippen LogP contribution in [0.25, 0.3) is 0 Å². The highest BCUT2D eigenvalue weighted by Gasteiger charge is 2.23. The van der Waals surface area contributed by atoms with Gasteiger partial charge in [0.2, 0.25) is 10.0 Å². The van der Waals surface area contributed by atoms with Gasteiger partial charge in [0.05, 0.1) is 3.79 Å². The molecule has 1 N–H and O–H groups in total. The van der Waals surface area contributed by atoms with Crippen LogP contribution in [0.2, 0.25) is 0 Å². The van der Waals surface area contributed by atoms with Crippen LogP contribution < -0.4 is 4.72 Å². The van der Waals surface area contributed by atoms with Gasteiger partial charge in [0.1, 0.15) is 4.21 Å². The minimum atomic E-state index is -3.37. The van der Waals surface area contributed by atoms with Crippen molar-refractivity contribution in [3.05, 3.63) is 15.9 Å². The number of nitrogens with one attached hydrogen (secondary N) is 1. The average molecular weight is 381 g/mol. The molecule has 2 heterocycles. The third-order valence-electron chi connectivity index (χ3n) is 3.82. The molecule has 0 aliphatic carbocycles. The maximum Gasteiger partial charge on any atom is 0.250 e. The Morgan fingerprint density at radius 3 is 2.65 bits per heavy atom. The molecule has 0 spiro atoms.